The second-order valence-electron chi connectivity index (χ2n) is 2.46. The van der Waals surface area contributed by atoms with Gasteiger partial charge in [-0.2, -0.15) is 5.10 Å². The maximum Gasteiger partial charge on any atom is 0.248 e. The first-order chi connectivity index (χ1) is 5.24. The third kappa shape index (κ3) is 1.81. The zero-order valence-corrected chi connectivity index (χ0v) is 6.50. The Kier molecular flexibility index (Phi) is 2.27. The fourth-order valence-corrected chi connectivity index (χ4v) is 0.947. The van der Waals surface area contributed by atoms with E-state index < -0.39 is 0 Å². The van der Waals surface area contributed by atoms with E-state index in [1.807, 2.05) is 0 Å². The summed E-state index contributed by atoms with van der Waals surface area (Å²) in [7, 11) is 1.66. The molecule has 1 heterocycles. The number of carbonyl (C=O) groups excluding carboxylic acids is 1. The lowest BCUT2D eigenvalue weighted by Crippen LogP contribution is -2.13. The van der Waals surface area contributed by atoms with Crippen molar-refractivity contribution in [1.82, 2.24) is 5.01 Å². The Hall–Kier alpha value is -1.30. The highest BCUT2D eigenvalue weighted by molar-refractivity contribution is 6.04. The van der Waals surface area contributed by atoms with E-state index in [1.165, 1.54) is 5.01 Å². The number of rotatable bonds is 2. The molecule has 0 bridgehead atoms. The van der Waals surface area contributed by atoms with Gasteiger partial charge in [0.25, 0.3) is 0 Å². The number of hydrogen-bond acceptors (Lipinski definition) is 2. The molecule has 0 atom stereocenters. The van der Waals surface area contributed by atoms with Gasteiger partial charge in [0.2, 0.25) is 5.91 Å². The lowest BCUT2D eigenvalue weighted by atomic mass is 10.2. The Morgan fingerprint density at radius 3 is 3.00 bits per heavy atom. The molecule has 0 aromatic rings. The smallest absolute Gasteiger partial charge is 0.248 e. The Labute approximate surface area is 66.1 Å². The molecule has 11 heavy (non-hydrogen) atoms. The minimum absolute atomic E-state index is 0.0528. The Balaban J connectivity index is 2.45. The van der Waals surface area contributed by atoms with Gasteiger partial charge in [0.15, 0.2) is 0 Å². The molecule has 3 heteroatoms. The van der Waals surface area contributed by atoms with Gasteiger partial charge in [-0.25, -0.2) is 5.01 Å². The van der Waals surface area contributed by atoms with Crippen LogP contribution in [0.1, 0.15) is 19.3 Å². The SMILES string of the molecule is C#CCCC1=NN(C)C(=O)C1. The van der Waals surface area contributed by atoms with Crippen molar-refractivity contribution in [3.8, 4) is 12.3 Å². The average Bonchev–Trinajstić information content (AvgIpc) is 2.28. The summed E-state index contributed by atoms with van der Waals surface area (Å²) < 4.78 is 0. The van der Waals surface area contributed by atoms with Crippen LogP contribution in [0.5, 0.6) is 0 Å². The maximum absolute atomic E-state index is 10.9. The van der Waals surface area contributed by atoms with E-state index in [0.29, 0.717) is 12.8 Å². The first-order valence-corrected chi connectivity index (χ1v) is 3.50. The van der Waals surface area contributed by atoms with Crippen molar-refractivity contribution in [2.45, 2.75) is 19.3 Å². The quantitative estimate of drug-likeness (QED) is 0.531. The van der Waals surface area contributed by atoms with Crippen LogP contribution in [0, 0.1) is 12.3 Å². The number of carbonyl (C=O) groups is 1. The number of amides is 1. The van der Waals surface area contributed by atoms with E-state index in [1.54, 1.807) is 7.05 Å². The van der Waals surface area contributed by atoms with Gasteiger partial charge in [0.05, 0.1) is 6.42 Å². The van der Waals surface area contributed by atoms with Crippen LogP contribution in [-0.2, 0) is 4.79 Å². The molecule has 1 aliphatic heterocycles. The van der Waals surface area contributed by atoms with Crippen LogP contribution in [-0.4, -0.2) is 23.7 Å². The van der Waals surface area contributed by atoms with Crippen molar-refractivity contribution < 1.29 is 4.79 Å². The van der Waals surface area contributed by atoms with Crippen molar-refractivity contribution in [2.75, 3.05) is 7.05 Å². The van der Waals surface area contributed by atoms with Crippen molar-refractivity contribution in [1.29, 1.82) is 0 Å². The van der Waals surface area contributed by atoms with Crippen LogP contribution in [0.2, 0.25) is 0 Å². The Morgan fingerprint density at radius 2 is 2.55 bits per heavy atom. The molecule has 3 nitrogen and oxygen atoms in total. The molecule has 0 unspecified atom stereocenters. The van der Waals surface area contributed by atoms with Gasteiger partial charge in [0, 0.05) is 19.2 Å². The molecule has 0 spiro atoms. The predicted molar refractivity (Wildman–Crippen MR) is 42.9 cm³/mol. The summed E-state index contributed by atoms with van der Waals surface area (Å²) in [4.78, 5) is 10.9. The molecule has 0 aromatic heterocycles. The van der Waals surface area contributed by atoms with Crippen LogP contribution >= 0.6 is 0 Å². The summed E-state index contributed by atoms with van der Waals surface area (Å²) in [6.45, 7) is 0. The minimum Gasteiger partial charge on any atom is -0.273 e. The second-order valence-corrected chi connectivity index (χ2v) is 2.46. The molecule has 0 aromatic carbocycles. The predicted octanol–water partition coefficient (Wildman–Crippen LogP) is 0.618. The van der Waals surface area contributed by atoms with Gasteiger partial charge in [-0.15, -0.1) is 12.3 Å². The second kappa shape index (κ2) is 3.20. The normalized spacial score (nSPS) is 16.5. The number of terminal acetylenes is 1. The molecule has 1 aliphatic rings. The van der Waals surface area contributed by atoms with Gasteiger partial charge < -0.3 is 0 Å². The summed E-state index contributed by atoms with van der Waals surface area (Å²) in [5, 5.41) is 5.38. The van der Waals surface area contributed by atoms with Gasteiger partial charge in [-0.1, -0.05) is 0 Å². The van der Waals surface area contributed by atoms with Crippen LogP contribution < -0.4 is 0 Å². The average molecular weight is 150 g/mol. The van der Waals surface area contributed by atoms with E-state index in [-0.39, 0.29) is 5.91 Å². The summed E-state index contributed by atoms with van der Waals surface area (Å²) >= 11 is 0. The number of hydrogen-bond donors (Lipinski definition) is 0. The summed E-state index contributed by atoms with van der Waals surface area (Å²) in [5.41, 5.74) is 0.899. The summed E-state index contributed by atoms with van der Waals surface area (Å²) in [6, 6.07) is 0. The lowest BCUT2D eigenvalue weighted by molar-refractivity contribution is -0.127. The lowest BCUT2D eigenvalue weighted by Gasteiger charge is -1.98. The van der Waals surface area contributed by atoms with Crippen molar-refractivity contribution in [2.24, 2.45) is 5.10 Å². The van der Waals surface area contributed by atoms with E-state index >= 15 is 0 Å². The molecular formula is C8H10N2O. The minimum atomic E-state index is 0.0528. The highest BCUT2D eigenvalue weighted by Gasteiger charge is 2.18. The molecule has 58 valence electrons. The van der Waals surface area contributed by atoms with E-state index in [2.05, 4.69) is 11.0 Å². The molecule has 0 saturated heterocycles. The molecular weight excluding hydrogens is 140 g/mol. The molecule has 0 aliphatic carbocycles. The Morgan fingerprint density at radius 1 is 1.82 bits per heavy atom. The molecule has 1 rings (SSSR count). The van der Waals surface area contributed by atoms with Gasteiger partial charge in [0.1, 0.15) is 0 Å². The van der Waals surface area contributed by atoms with Crippen LogP contribution in [0.3, 0.4) is 0 Å². The van der Waals surface area contributed by atoms with Crippen molar-refractivity contribution >= 4 is 11.6 Å². The largest absolute Gasteiger partial charge is 0.273 e. The molecule has 0 fully saturated rings. The highest BCUT2D eigenvalue weighted by Crippen LogP contribution is 2.08. The molecule has 0 radical (unpaired) electrons. The molecule has 1 amide bonds. The standard InChI is InChI=1S/C8H10N2O/c1-3-4-5-7-6-8(11)10(2)9-7/h1H,4-6H2,2H3. The highest BCUT2D eigenvalue weighted by atomic mass is 16.2. The summed E-state index contributed by atoms with van der Waals surface area (Å²) in [6.07, 6.45) is 6.92. The summed E-state index contributed by atoms with van der Waals surface area (Å²) in [5.74, 6) is 2.57. The first-order valence-electron chi connectivity index (χ1n) is 3.50. The van der Waals surface area contributed by atoms with E-state index in [9.17, 15) is 4.79 Å². The van der Waals surface area contributed by atoms with Gasteiger partial charge in [-0.05, 0) is 6.42 Å². The van der Waals surface area contributed by atoms with Gasteiger partial charge in [-0.3, -0.25) is 4.79 Å². The Bertz CT molecular complexity index is 237. The third-order valence-electron chi connectivity index (χ3n) is 1.57. The van der Waals surface area contributed by atoms with Crippen LogP contribution in [0.4, 0.5) is 0 Å². The van der Waals surface area contributed by atoms with E-state index in [0.717, 1.165) is 12.1 Å². The fourth-order valence-electron chi connectivity index (χ4n) is 0.947. The van der Waals surface area contributed by atoms with Crippen molar-refractivity contribution in [3.05, 3.63) is 0 Å². The van der Waals surface area contributed by atoms with Gasteiger partial charge >= 0.3 is 0 Å². The number of nitrogens with zero attached hydrogens (tertiary/aromatic N) is 2. The van der Waals surface area contributed by atoms with Crippen molar-refractivity contribution in [3.63, 3.8) is 0 Å². The zero-order chi connectivity index (χ0) is 8.27. The van der Waals surface area contributed by atoms with Crippen LogP contribution in [0.15, 0.2) is 5.10 Å². The molecule has 0 N–H and O–H groups in total. The van der Waals surface area contributed by atoms with Crippen LogP contribution in [0.25, 0.3) is 0 Å². The van der Waals surface area contributed by atoms with E-state index in [4.69, 9.17) is 6.42 Å². The fraction of sp³-hybridized carbons (Fsp3) is 0.500. The first kappa shape index (κ1) is 7.80. The maximum atomic E-state index is 10.9. The zero-order valence-electron chi connectivity index (χ0n) is 6.50. The number of hydrazone groups is 1. The monoisotopic (exact) mass is 150 g/mol. The third-order valence-corrected chi connectivity index (χ3v) is 1.57. The molecule has 0 saturated carbocycles. The topological polar surface area (TPSA) is 32.7 Å².